The van der Waals surface area contributed by atoms with Crippen LogP contribution in [0, 0.1) is 11.3 Å². The highest BCUT2D eigenvalue weighted by molar-refractivity contribution is 7.89. The summed E-state index contributed by atoms with van der Waals surface area (Å²) in [4.78, 5) is 24.4. The Morgan fingerprint density at radius 3 is 2.14 bits per heavy atom. The zero-order chi connectivity index (χ0) is 20.1. The van der Waals surface area contributed by atoms with Crippen molar-refractivity contribution in [1.82, 2.24) is 15.2 Å². The number of carbonyl (C=O) groups is 2. The van der Waals surface area contributed by atoms with Crippen molar-refractivity contribution in [3.05, 3.63) is 65.2 Å². The van der Waals surface area contributed by atoms with Gasteiger partial charge in [0.05, 0.1) is 16.5 Å². The van der Waals surface area contributed by atoms with Crippen LogP contribution in [0.25, 0.3) is 0 Å². The lowest BCUT2D eigenvalue weighted by molar-refractivity contribution is 0.0846. The Morgan fingerprint density at radius 2 is 1.54 bits per heavy atom. The quantitative estimate of drug-likeness (QED) is 0.755. The molecule has 2 aromatic carbocycles. The Labute approximate surface area is 162 Å². The van der Waals surface area contributed by atoms with Crippen LogP contribution in [0.1, 0.15) is 39.1 Å². The SMILES string of the molecule is N#Cc1ccc(C(=O)NNC(=O)c2cccc(S(=O)(=O)N3CCCC3)c2)cc1. The lowest BCUT2D eigenvalue weighted by Gasteiger charge is -2.16. The standard InChI is InChI=1S/C19H18N4O4S/c20-13-14-6-8-15(9-7-14)18(24)21-22-19(25)16-4-3-5-17(12-16)28(26,27)23-10-1-2-11-23/h3-9,12H,1-2,10-11H2,(H,21,24)(H,22,25). The second kappa shape index (κ2) is 8.21. The van der Waals surface area contributed by atoms with E-state index >= 15 is 0 Å². The van der Waals surface area contributed by atoms with Crippen molar-refractivity contribution in [2.45, 2.75) is 17.7 Å². The van der Waals surface area contributed by atoms with E-state index in [1.54, 1.807) is 0 Å². The minimum Gasteiger partial charge on any atom is -0.267 e. The maximum Gasteiger partial charge on any atom is 0.269 e. The molecule has 0 unspecified atom stereocenters. The Kier molecular flexibility index (Phi) is 5.73. The number of hydrogen-bond donors (Lipinski definition) is 2. The van der Waals surface area contributed by atoms with E-state index in [1.807, 2.05) is 6.07 Å². The fraction of sp³-hybridized carbons (Fsp3) is 0.211. The average molecular weight is 398 g/mol. The fourth-order valence-corrected chi connectivity index (χ4v) is 4.39. The first-order chi connectivity index (χ1) is 13.4. The van der Waals surface area contributed by atoms with E-state index in [9.17, 15) is 18.0 Å². The van der Waals surface area contributed by atoms with Crippen LogP contribution in [-0.2, 0) is 10.0 Å². The number of carbonyl (C=O) groups excluding carboxylic acids is 2. The van der Waals surface area contributed by atoms with Gasteiger partial charge in [-0.1, -0.05) is 6.07 Å². The Bertz CT molecular complexity index is 1040. The number of nitrogens with one attached hydrogen (secondary N) is 2. The van der Waals surface area contributed by atoms with Crippen molar-refractivity contribution < 1.29 is 18.0 Å². The third kappa shape index (κ3) is 4.19. The summed E-state index contributed by atoms with van der Waals surface area (Å²) in [5, 5.41) is 8.76. The van der Waals surface area contributed by atoms with E-state index in [0.717, 1.165) is 12.8 Å². The molecule has 0 aliphatic carbocycles. The number of benzene rings is 2. The fourth-order valence-electron chi connectivity index (χ4n) is 2.83. The van der Waals surface area contributed by atoms with Crippen molar-refractivity contribution in [3.63, 3.8) is 0 Å². The van der Waals surface area contributed by atoms with Gasteiger partial charge in [0.15, 0.2) is 0 Å². The molecular weight excluding hydrogens is 380 g/mol. The molecule has 144 valence electrons. The molecule has 0 bridgehead atoms. The minimum absolute atomic E-state index is 0.0421. The minimum atomic E-state index is -3.64. The third-order valence-electron chi connectivity index (χ3n) is 4.36. The number of nitrogens with zero attached hydrogens (tertiary/aromatic N) is 2. The van der Waals surface area contributed by atoms with Crippen LogP contribution in [0.3, 0.4) is 0 Å². The molecular formula is C19H18N4O4S. The summed E-state index contributed by atoms with van der Waals surface area (Å²) in [6.45, 7) is 0.943. The maximum atomic E-state index is 12.6. The number of hydrazine groups is 1. The van der Waals surface area contributed by atoms with Gasteiger partial charge in [0, 0.05) is 24.2 Å². The van der Waals surface area contributed by atoms with Crippen molar-refractivity contribution in [1.29, 1.82) is 5.26 Å². The summed E-state index contributed by atoms with van der Waals surface area (Å²) in [6, 6.07) is 13.5. The van der Waals surface area contributed by atoms with E-state index in [0.29, 0.717) is 18.7 Å². The third-order valence-corrected chi connectivity index (χ3v) is 6.26. The van der Waals surface area contributed by atoms with E-state index in [2.05, 4.69) is 10.9 Å². The van der Waals surface area contributed by atoms with Gasteiger partial charge in [-0.15, -0.1) is 0 Å². The summed E-state index contributed by atoms with van der Waals surface area (Å²) < 4.78 is 26.6. The van der Waals surface area contributed by atoms with E-state index in [4.69, 9.17) is 5.26 Å². The molecule has 2 aromatic rings. The summed E-state index contributed by atoms with van der Waals surface area (Å²) in [5.41, 5.74) is 5.32. The highest BCUT2D eigenvalue weighted by Crippen LogP contribution is 2.21. The number of amides is 2. The molecule has 0 spiro atoms. The predicted molar refractivity (Wildman–Crippen MR) is 101 cm³/mol. The largest absolute Gasteiger partial charge is 0.269 e. The maximum absolute atomic E-state index is 12.6. The molecule has 0 atom stereocenters. The first kappa shape index (κ1) is 19.5. The molecule has 2 N–H and O–H groups in total. The molecule has 1 saturated heterocycles. The lowest BCUT2D eigenvalue weighted by atomic mass is 10.1. The van der Waals surface area contributed by atoms with Crippen LogP contribution in [-0.4, -0.2) is 37.6 Å². The first-order valence-electron chi connectivity index (χ1n) is 8.63. The van der Waals surface area contributed by atoms with Gasteiger partial charge in [0.1, 0.15) is 0 Å². The van der Waals surface area contributed by atoms with Crippen molar-refractivity contribution in [2.24, 2.45) is 0 Å². The average Bonchev–Trinajstić information content (AvgIpc) is 3.27. The molecule has 1 aliphatic rings. The lowest BCUT2D eigenvalue weighted by Crippen LogP contribution is -2.41. The molecule has 0 aromatic heterocycles. The molecule has 3 rings (SSSR count). The normalized spacial score (nSPS) is 14.2. The Balaban J connectivity index is 1.67. The second-order valence-corrected chi connectivity index (χ2v) is 8.17. The molecule has 28 heavy (non-hydrogen) atoms. The van der Waals surface area contributed by atoms with Crippen LogP contribution in [0.2, 0.25) is 0 Å². The number of sulfonamides is 1. The monoisotopic (exact) mass is 398 g/mol. The molecule has 8 nitrogen and oxygen atoms in total. The van der Waals surface area contributed by atoms with Gasteiger partial charge < -0.3 is 0 Å². The predicted octanol–water partition coefficient (Wildman–Crippen LogP) is 1.42. The topological polar surface area (TPSA) is 119 Å². The molecule has 0 radical (unpaired) electrons. The van der Waals surface area contributed by atoms with Crippen molar-refractivity contribution in [3.8, 4) is 6.07 Å². The van der Waals surface area contributed by atoms with Gasteiger partial charge in [-0.3, -0.25) is 20.4 Å². The zero-order valence-corrected chi connectivity index (χ0v) is 15.7. The zero-order valence-electron chi connectivity index (χ0n) is 14.9. The van der Waals surface area contributed by atoms with Crippen LogP contribution >= 0.6 is 0 Å². The first-order valence-corrected chi connectivity index (χ1v) is 10.1. The number of hydrogen-bond acceptors (Lipinski definition) is 5. The van der Waals surface area contributed by atoms with Gasteiger partial charge in [-0.05, 0) is 55.3 Å². The van der Waals surface area contributed by atoms with Gasteiger partial charge in [0.25, 0.3) is 11.8 Å². The summed E-state index contributed by atoms with van der Waals surface area (Å²) in [6.07, 6.45) is 1.64. The molecule has 1 aliphatic heterocycles. The van der Waals surface area contributed by atoms with Crippen molar-refractivity contribution >= 4 is 21.8 Å². The molecule has 9 heteroatoms. The number of rotatable bonds is 4. The Hall–Kier alpha value is -3.22. The second-order valence-electron chi connectivity index (χ2n) is 6.24. The van der Waals surface area contributed by atoms with Gasteiger partial charge >= 0.3 is 0 Å². The Morgan fingerprint density at radius 1 is 0.929 bits per heavy atom. The van der Waals surface area contributed by atoms with E-state index < -0.39 is 21.8 Å². The van der Waals surface area contributed by atoms with E-state index in [1.165, 1.54) is 52.8 Å². The van der Waals surface area contributed by atoms with Crippen LogP contribution < -0.4 is 10.9 Å². The van der Waals surface area contributed by atoms with Gasteiger partial charge in [-0.25, -0.2) is 8.42 Å². The molecule has 0 saturated carbocycles. The number of nitriles is 1. The van der Waals surface area contributed by atoms with Crippen LogP contribution in [0.15, 0.2) is 53.4 Å². The summed E-state index contributed by atoms with van der Waals surface area (Å²) in [7, 11) is -3.64. The van der Waals surface area contributed by atoms with E-state index in [-0.39, 0.29) is 16.0 Å². The molecule has 1 heterocycles. The molecule has 1 fully saturated rings. The smallest absolute Gasteiger partial charge is 0.267 e. The van der Waals surface area contributed by atoms with Crippen molar-refractivity contribution in [2.75, 3.05) is 13.1 Å². The van der Waals surface area contributed by atoms with Crippen LogP contribution in [0.5, 0.6) is 0 Å². The van der Waals surface area contributed by atoms with Crippen LogP contribution in [0.4, 0.5) is 0 Å². The highest BCUT2D eigenvalue weighted by atomic mass is 32.2. The molecule has 2 amide bonds. The highest BCUT2D eigenvalue weighted by Gasteiger charge is 2.27. The van der Waals surface area contributed by atoms with Gasteiger partial charge in [-0.2, -0.15) is 9.57 Å². The summed E-state index contributed by atoms with van der Waals surface area (Å²) in [5.74, 6) is -1.20. The van der Waals surface area contributed by atoms with Gasteiger partial charge in [0.2, 0.25) is 10.0 Å². The summed E-state index contributed by atoms with van der Waals surface area (Å²) >= 11 is 0.